The zero-order chi connectivity index (χ0) is 13.7. The van der Waals surface area contributed by atoms with Crippen LogP contribution in [0.15, 0.2) is 5.38 Å². The van der Waals surface area contributed by atoms with Crippen molar-refractivity contribution in [3.8, 4) is 0 Å². The smallest absolute Gasteiger partial charge is 0.328 e. The predicted octanol–water partition coefficient (Wildman–Crippen LogP) is 1.77. The molecule has 0 fully saturated rings. The van der Waals surface area contributed by atoms with Crippen LogP contribution < -0.4 is 5.32 Å². The Kier molecular flexibility index (Phi) is 5.27. The Labute approximate surface area is 111 Å². The topological polar surface area (TPSA) is 68.3 Å². The van der Waals surface area contributed by atoms with Crippen molar-refractivity contribution < 1.29 is 14.3 Å². The summed E-state index contributed by atoms with van der Waals surface area (Å²) in [6.45, 7) is 5.68. The molecule has 0 radical (unpaired) electrons. The van der Waals surface area contributed by atoms with E-state index in [1.807, 2.05) is 20.8 Å². The summed E-state index contributed by atoms with van der Waals surface area (Å²) >= 11 is 1.40. The molecule has 0 aliphatic rings. The summed E-state index contributed by atoms with van der Waals surface area (Å²) in [6, 6.07) is -0.630. The second-order valence-electron chi connectivity index (χ2n) is 4.11. The maximum absolute atomic E-state index is 11.9. The van der Waals surface area contributed by atoms with E-state index in [0.717, 1.165) is 11.4 Å². The summed E-state index contributed by atoms with van der Waals surface area (Å²) in [5.74, 6) is -0.749. The number of nitrogens with zero attached hydrogens (tertiary/aromatic N) is 1. The van der Waals surface area contributed by atoms with Gasteiger partial charge in [0.15, 0.2) is 0 Å². The van der Waals surface area contributed by atoms with Crippen LogP contribution in [0, 0.1) is 12.8 Å². The SMILES string of the molecule is CCC(C)C(NC(=O)c1csc(C)n1)C(=O)OC. The summed E-state index contributed by atoms with van der Waals surface area (Å²) in [6.07, 6.45) is 0.774. The number of methoxy groups -OCH3 is 1. The van der Waals surface area contributed by atoms with Gasteiger partial charge in [-0.25, -0.2) is 9.78 Å². The molecule has 5 nitrogen and oxygen atoms in total. The number of thiazole rings is 1. The first-order valence-electron chi connectivity index (χ1n) is 5.80. The molecule has 0 saturated heterocycles. The van der Waals surface area contributed by atoms with Crippen molar-refractivity contribution in [2.75, 3.05) is 7.11 Å². The van der Waals surface area contributed by atoms with Crippen LogP contribution in [-0.2, 0) is 9.53 Å². The van der Waals surface area contributed by atoms with Gasteiger partial charge in [-0.2, -0.15) is 0 Å². The third-order valence-electron chi connectivity index (χ3n) is 2.81. The van der Waals surface area contributed by atoms with E-state index in [-0.39, 0.29) is 11.8 Å². The summed E-state index contributed by atoms with van der Waals surface area (Å²) in [5, 5.41) is 5.17. The number of esters is 1. The predicted molar refractivity (Wildman–Crippen MR) is 69.6 cm³/mol. The molecule has 1 aromatic rings. The summed E-state index contributed by atoms with van der Waals surface area (Å²) in [5.41, 5.74) is 0.342. The van der Waals surface area contributed by atoms with Crippen LogP contribution in [0.25, 0.3) is 0 Å². The normalized spacial score (nSPS) is 13.8. The lowest BCUT2D eigenvalue weighted by Gasteiger charge is -2.21. The zero-order valence-corrected chi connectivity index (χ0v) is 11.8. The fourth-order valence-electron chi connectivity index (χ4n) is 1.48. The molecule has 0 spiro atoms. The molecule has 0 saturated carbocycles. The minimum absolute atomic E-state index is 0.0149. The summed E-state index contributed by atoms with van der Waals surface area (Å²) in [7, 11) is 1.32. The molecule has 0 aliphatic heterocycles. The number of rotatable bonds is 5. The van der Waals surface area contributed by atoms with Crippen LogP contribution >= 0.6 is 11.3 Å². The van der Waals surface area contributed by atoms with E-state index in [1.54, 1.807) is 5.38 Å². The molecule has 2 atom stereocenters. The van der Waals surface area contributed by atoms with E-state index in [4.69, 9.17) is 4.74 Å². The number of nitrogens with one attached hydrogen (secondary N) is 1. The quantitative estimate of drug-likeness (QED) is 0.828. The second-order valence-corrected chi connectivity index (χ2v) is 5.17. The molecule has 100 valence electrons. The first-order chi connectivity index (χ1) is 8.49. The highest BCUT2D eigenvalue weighted by Crippen LogP contribution is 2.12. The van der Waals surface area contributed by atoms with Crippen LogP contribution in [0.4, 0.5) is 0 Å². The Hall–Kier alpha value is -1.43. The minimum Gasteiger partial charge on any atom is -0.467 e. The fraction of sp³-hybridized carbons (Fsp3) is 0.583. The van der Waals surface area contributed by atoms with Crippen LogP contribution in [0.1, 0.15) is 35.8 Å². The molecule has 1 N–H and O–H groups in total. The van der Waals surface area contributed by atoms with Crippen molar-refractivity contribution in [2.24, 2.45) is 5.92 Å². The number of hydrogen-bond acceptors (Lipinski definition) is 5. The molecule has 1 aromatic heterocycles. The highest BCUT2D eigenvalue weighted by Gasteiger charge is 2.27. The monoisotopic (exact) mass is 270 g/mol. The summed E-state index contributed by atoms with van der Waals surface area (Å²) < 4.78 is 4.71. The highest BCUT2D eigenvalue weighted by atomic mass is 32.1. The van der Waals surface area contributed by atoms with Gasteiger partial charge in [-0.1, -0.05) is 20.3 Å². The van der Waals surface area contributed by atoms with Crippen molar-refractivity contribution in [1.29, 1.82) is 0 Å². The van der Waals surface area contributed by atoms with Gasteiger partial charge in [0, 0.05) is 5.38 Å². The first-order valence-corrected chi connectivity index (χ1v) is 6.68. The number of amides is 1. The molecule has 1 rings (SSSR count). The number of carbonyl (C=O) groups excluding carboxylic acids is 2. The molecular formula is C12H18N2O3S. The molecule has 0 aromatic carbocycles. The van der Waals surface area contributed by atoms with Gasteiger partial charge in [-0.3, -0.25) is 4.79 Å². The van der Waals surface area contributed by atoms with Gasteiger partial charge >= 0.3 is 5.97 Å². The van der Waals surface area contributed by atoms with Crippen molar-refractivity contribution in [1.82, 2.24) is 10.3 Å². The lowest BCUT2D eigenvalue weighted by molar-refractivity contribution is -0.144. The number of ether oxygens (including phenoxy) is 1. The van der Waals surface area contributed by atoms with E-state index in [0.29, 0.717) is 5.69 Å². The lowest BCUT2D eigenvalue weighted by atomic mass is 9.99. The van der Waals surface area contributed by atoms with Gasteiger partial charge in [0.1, 0.15) is 11.7 Å². The molecule has 2 unspecified atom stereocenters. The van der Waals surface area contributed by atoms with Crippen LogP contribution in [-0.4, -0.2) is 30.0 Å². The van der Waals surface area contributed by atoms with Gasteiger partial charge in [0.25, 0.3) is 5.91 Å². The molecule has 1 heterocycles. The standard InChI is InChI=1S/C12H18N2O3S/c1-5-7(2)10(12(16)17-4)14-11(15)9-6-18-8(3)13-9/h6-7,10H,5H2,1-4H3,(H,14,15). The Morgan fingerprint density at radius 3 is 2.67 bits per heavy atom. The Bertz CT molecular complexity index is 431. The third kappa shape index (κ3) is 3.53. The van der Waals surface area contributed by atoms with Gasteiger partial charge in [0.05, 0.1) is 12.1 Å². The fourth-order valence-corrected chi connectivity index (χ4v) is 2.07. The van der Waals surface area contributed by atoms with Gasteiger partial charge in [-0.15, -0.1) is 11.3 Å². The molecule has 1 amide bonds. The highest BCUT2D eigenvalue weighted by molar-refractivity contribution is 7.09. The molecule has 18 heavy (non-hydrogen) atoms. The van der Waals surface area contributed by atoms with E-state index < -0.39 is 12.0 Å². The average molecular weight is 270 g/mol. The van der Waals surface area contributed by atoms with E-state index in [9.17, 15) is 9.59 Å². The number of aromatic nitrogens is 1. The van der Waals surface area contributed by atoms with Crippen LogP contribution in [0.3, 0.4) is 0 Å². The van der Waals surface area contributed by atoms with Crippen molar-refractivity contribution >= 4 is 23.2 Å². The summed E-state index contributed by atoms with van der Waals surface area (Å²) in [4.78, 5) is 27.7. The molecule has 6 heteroatoms. The largest absolute Gasteiger partial charge is 0.467 e. The number of carbonyl (C=O) groups is 2. The Morgan fingerprint density at radius 2 is 2.22 bits per heavy atom. The van der Waals surface area contributed by atoms with Crippen LogP contribution in [0.2, 0.25) is 0 Å². The van der Waals surface area contributed by atoms with Gasteiger partial charge in [-0.05, 0) is 12.8 Å². The van der Waals surface area contributed by atoms with Gasteiger partial charge < -0.3 is 10.1 Å². The van der Waals surface area contributed by atoms with E-state index in [1.165, 1.54) is 18.4 Å². The van der Waals surface area contributed by atoms with Crippen molar-refractivity contribution in [3.63, 3.8) is 0 Å². The van der Waals surface area contributed by atoms with Crippen LogP contribution in [0.5, 0.6) is 0 Å². The second kappa shape index (κ2) is 6.49. The third-order valence-corrected chi connectivity index (χ3v) is 3.58. The molecule has 0 bridgehead atoms. The van der Waals surface area contributed by atoms with Crippen molar-refractivity contribution in [2.45, 2.75) is 33.2 Å². The zero-order valence-electron chi connectivity index (χ0n) is 11.0. The lowest BCUT2D eigenvalue weighted by Crippen LogP contribution is -2.45. The molecule has 0 aliphatic carbocycles. The Morgan fingerprint density at radius 1 is 1.56 bits per heavy atom. The number of aryl methyl sites for hydroxylation is 1. The van der Waals surface area contributed by atoms with Crippen molar-refractivity contribution in [3.05, 3.63) is 16.1 Å². The Balaban J connectivity index is 2.77. The molecular weight excluding hydrogens is 252 g/mol. The minimum atomic E-state index is -0.630. The average Bonchev–Trinajstić information content (AvgIpc) is 2.80. The first kappa shape index (κ1) is 14.6. The number of hydrogen-bond donors (Lipinski definition) is 1. The maximum atomic E-state index is 11.9. The van der Waals surface area contributed by atoms with E-state index in [2.05, 4.69) is 10.3 Å². The maximum Gasteiger partial charge on any atom is 0.328 e. The van der Waals surface area contributed by atoms with Gasteiger partial charge in [0.2, 0.25) is 0 Å². The van der Waals surface area contributed by atoms with E-state index >= 15 is 0 Å².